The largest absolute Gasteiger partial charge is 0.491 e. The first-order chi connectivity index (χ1) is 13.1. The molecule has 1 aromatic heterocycles. The summed E-state index contributed by atoms with van der Waals surface area (Å²) in [6.45, 7) is 1.27. The molecule has 1 aliphatic heterocycles. The fourth-order valence-corrected chi connectivity index (χ4v) is 4.02. The van der Waals surface area contributed by atoms with Crippen molar-refractivity contribution < 1.29 is 23.9 Å². The molecule has 10 heteroatoms. The quantitative estimate of drug-likeness (QED) is 0.301. The summed E-state index contributed by atoms with van der Waals surface area (Å²) in [6, 6.07) is 5.02. The van der Waals surface area contributed by atoms with Gasteiger partial charge < -0.3 is 23.9 Å². The van der Waals surface area contributed by atoms with Crippen LogP contribution in [0.1, 0.15) is 5.69 Å². The Morgan fingerprint density at radius 3 is 2.74 bits per heavy atom. The maximum atomic E-state index is 11.5. The van der Waals surface area contributed by atoms with Gasteiger partial charge in [-0.3, -0.25) is 15.1 Å². The summed E-state index contributed by atoms with van der Waals surface area (Å²) in [5.74, 6) is 0.425. The second-order valence-corrected chi connectivity index (χ2v) is 7.06. The lowest BCUT2D eigenvalue weighted by atomic mass is 10.2. The number of benzene rings is 1. The van der Waals surface area contributed by atoms with E-state index in [9.17, 15) is 10.1 Å². The van der Waals surface area contributed by atoms with E-state index in [1.165, 1.54) is 17.8 Å². The minimum absolute atomic E-state index is 0.0318. The molecule has 1 atom stereocenters. The molecular formula is C17H21N3O6S. The molecule has 9 nitrogen and oxygen atoms in total. The van der Waals surface area contributed by atoms with Crippen LogP contribution in [0.5, 0.6) is 5.75 Å². The van der Waals surface area contributed by atoms with E-state index in [0.717, 1.165) is 10.7 Å². The van der Waals surface area contributed by atoms with Gasteiger partial charge in [-0.15, -0.1) is 0 Å². The third kappa shape index (κ3) is 4.24. The van der Waals surface area contributed by atoms with Gasteiger partial charge in [-0.25, -0.2) is 0 Å². The van der Waals surface area contributed by atoms with Crippen LogP contribution in [0.25, 0.3) is 10.9 Å². The van der Waals surface area contributed by atoms with Crippen LogP contribution in [-0.4, -0.2) is 67.6 Å². The number of thioether (sulfide) groups is 1. The summed E-state index contributed by atoms with van der Waals surface area (Å²) in [5.41, 5.74) is 1.12. The summed E-state index contributed by atoms with van der Waals surface area (Å²) in [5, 5.41) is 13.0. The zero-order valence-corrected chi connectivity index (χ0v) is 16.1. The molecule has 1 aromatic carbocycles. The molecule has 0 bridgehead atoms. The van der Waals surface area contributed by atoms with E-state index in [0.29, 0.717) is 36.4 Å². The van der Waals surface area contributed by atoms with Crippen molar-refractivity contribution in [3.05, 3.63) is 34.0 Å². The molecule has 0 radical (unpaired) electrons. The van der Waals surface area contributed by atoms with Crippen LogP contribution in [0.2, 0.25) is 0 Å². The number of hydrogen-bond donors (Lipinski definition) is 1. The molecular weight excluding hydrogens is 374 g/mol. The highest BCUT2D eigenvalue weighted by Crippen LogP contribution is 2.35. The average molecular weight is 395 g/mol. The van der Waals surface area contributed by atoms with E-state index >= 15 is 0 Å². The number of aromatic amines is 1. The molecule has 146 valence electrons. The molecule has 0 fully saturated rings. The summed E-state index contributed by atoms with van der Waals surface area (Å²) < 4.78 is 21.1. The maximum absolute atomic E-state index is 11.5. The number of methoxy groups -OCH3 is 3. The third-order valence-electron chi connectivity index (χ3n) is 4.11. The normalized spacial score (nSPS) is 16.9. The molecule has 2 heterocycles. The molecule has 1 N–H and O–H groups in total. The van der Waals surface area contributed by atoms with Gasteiger partial charge in [0.25, 0.3) is 5.69 Å². The molecule has 0 aliphatic carbocycles. The van der Waals surface area contributed by atoms with Crippen molar-refractivity contribution in [3.8, 4) is 5.75 Å². The number of nitrogens with one attached hydrogen (secondary N) is 1. The van der Waals surface area contributed by atoms with Gasteiger partial charge in [0.15, 0.2) is 6.29 Å². The molecule has 0 amide bonds. The van der Waals surface area contributed by atoms with Crippen LogP contribution in [0, 0.1) is 10.1 Å². The standard InChI is InChI=1S/C17H21N3O6S/c1-23-4-5-26-11-6-10-7-12(19-15(10)13(8-11)20(21)22)16-18-9-14(27-16)17(24-2)25-3/h6-8,14,17,19H,4-5,9H2,1-3H3. The van der Waals surface area contributed by atoms with Crippen molar-refractivity contribution in [3.63, 3.8) is 0 Å². The Hall–Kier alpha value is -2.14. The predicted octanol–water partition coefficient (Wildman–Crippen LogP) is 2.58. The first kappa shape index (κ1) is 19.6. The minimum atomic E-state index is -0.427. The van der Waals surface area contributed by atoms with Crippen LogP contribution in [-0.2, 0) is 14.2 Å². The summed E-state index contributed by atoms with van der Waals surface area (Å²) in [7, 11) is 4.74. The van der Waals surface area contributed by atoms with Crippen LogP contribution >= 0.6 is 11.8 Å². The summed E-state index contributed by atoms with van der Waals surface area (Å²) in [4.78, 5) is 18.7. The number of rotatable bonds is 9. The number of nitro groups is 1. The SMILES string of the molecule is COCCOc1cc([N+](=O)[O-])c2[nH]c(C3=NCC(C(OC)OC)S3)cc2c1. The van der Waals surface area contributed by atoms with Crippen LogP contribution in [0.3, 0.4) is 0 Å². The van der Waals surface area contributed by atoms with Crippen molar-refractivity contribution in [1.29, 1.82) is 0 Å². The van der Waals surface area contributed by atoms with E-state index in [1.54, 1.807) is 27.4 Å². The fourth-order valence-electron chi connectivity index (χ4n) is 2.86. The molecule has 1 unspecified atom stereocenters. The average Bonchev–Trinajstić information content (AvgIpc) is 3.29. The van der Waals surface area contributed by atoms with Crippen molar-refractivity contribution in [2.45, 2.75) is 11.5 Å². The van der Waals surface area contributed by atoms with Gasteiger partial charge in [0, 0.05) is 26.7 Å². The van der Waals surface area contributed by atoms with Crippen molar-refractivity contribution in [2.75, 3.05) is 41.1 Å². The molecule has 2 aromatic rings. The molecule has 3 rings (SSSR count). The zero-order valence-electron chi connectivity index (χ0n) is 15.3. The second kappa shape index (κ2) is 8.70. The number of nitrogens with zero attached hydrogens (tertiary/aromatic N) is 2. The number of non-ortho nitro benzene ring substituents is 1. The highest BCUT2D eigenvalue weighted by molar-refractivity contribution is 8.15. The monoisotopic (exact) mass is 395 g/mol. The lowest BCUT2D eigenvalue weighted by molar-refractivity contribution is -0.383. The fraction of sp³-hybridized carbons (Fsp3) is 0.471. The summed E-state index contributed by atoms with van der Waals surface area (Å²) in [6.07, 6.45) is -0.365. The number of hydrogen-bond acceptors (Lipinski definition) is 8. The smallest absolute Gasteiger partial charge is 0.296 e. The Labute approximate surface area is 160 Å². The number of ether oxygens (including phenoxy) is 4. The molecule has 0 saturated heterocycles. The second-order valence-electron chi connectivity index (χ2n) is 5.83. The van der Waals surface area contributed by atoms with Crippen molar-refractivity contribution >= 4 is 33.4 Å². The Bertz CT molecular complexity index is 849. The number of fused-ring (bicyclic) bond motifs is 1. The Balaban J connectivity index is 1.88. The highest BCUT2D eigenvalue weighted by atomic mass is 32.2. The van der Waals surface area contributed by atoms with Crippen LogP contribution < -0.4 is 4.74 Å². The lowest BCUT2D eigenvalue weighted by Gasteiger charge is -2.18. The van der Waals surface area contributed by atoms with Crippen LogP contribution in [0.15, 0.2) is 23.2 Å². The van der Waals surface area contributed by atoms with E-state index in [1.807, 2.05) is 6.07 Å². The molecule has 0 saturated carbocycles. The molecule has 1 aliphatic rings. The molecule has 27 heavy (non-hydrogen) atoms. The van der Waals surface area contributed by atoms with Gasteiger partial charge in [0.05, 0.1) is 35.1 Å². The van der Waals surface area contributed by atoms with E-state index in [-0.39, 0.29) is 17.2 Å². The van der Waals surface area contributed by atoms with E-state index in [2.05, 4.69) is 9.98 Å². The molecule has 0 spiro atoms. The number of nitro benzene ring substituents is 1. The van der Waals surface area contributed by atoms with Crippen LogP contribution in [0.4, 0.5) is 5.69 Å². The predicted molar refractivity (Wildman–Crippen MR) is 103 cm³/mol. The zero-order chi connectivity index (χ0) is 19.4. The maximum Gasteiger partial charge on any atom is 0.296 e. The van der Waals surface area contributed by atoms with Gasteiger partial charge >= 0.3 is 0 Å². The third-order valence-corrected chi connectivity index (χ3v) is 5.36. The topological polar surface area (TPSA) is 108 Å². The first-order valence-corrected chi connectivity index (χ1v) is 9.15. The summed E-state index contributed by atoms with van der Waals surface area (Å²) >= 11 is 1.52. The Morgan fingerprint density at radius 2 is 2.07 bits per heavy atom. The number of aliphatic imine (C=N–C) groups is 1. The van der Waals surface area contributed by atoms with Crippen molar-refractivity contribution in [2.24, 2.45) is 4.99 Å². The first-order valence-electron chi connectivity index (χ1n) is 8.27. The highest BCUT2D eigenvalue weighted by Gasteiger charge is 2.30. The van der Waals surface area contributed by atoms with Gasteiger partial charge in [-0.2, -0.15) is 0 Å². The van der Waals surface area contributed by atoms with E-state index < -0.39 is 4.92 Å². The minimum Gasteiger partial charge on any atom is -0.491 e. The van der Waals surface area contributed by atoms with Gasteiger partial charge in [0.2, 0.25) is 0 Å². The van der Waals surface area contributed by atoms with Gasteiger partial charge in [0.1, 0.15) is 22.9 Å². The number of aromatic nitrogens is 1. The lowest BCUT2D eigenvalue weighted by Crippen LogP contribution is -2.28. The number of H-pyrrole nitrogens is 1. The Kier molecular flexibility index (Phi) is 6.32. The Morgan fingerprint density at radius 1 is 1.30 bits per heavy atom. The van der Waals surface area contributed by atoms with Gasteiger partial charge in [-0.1, -0.05) is 11.8 Å². The van der Waals surface area contributed by atoms with Gasteiger partial charge in [-0.05, 0) is 12.1 Å². The van der Waals surface area contributed by atoms with E-state index in [4.69, 9.17) is 18.9 Å². The van der Waals surface area contributed by atoms with Crippen molar-refractivity contribution in [1.82, 2.24) is 4.98 Å².